The molecule has 1 heterocycles. The van der Waals surface area contributed by atoms with Crippen molar-refractivity contribution in [3.8, 4) is 5.88 Å². The molecule has 94 valence electrons. The molecule has 0 atom stereocenters. The Labute approximate surface area is 111 Å². The van der Waals surface area contributed by atoms with Gasteiger partial charge in [0.1, 0.15) is 11.8 Å². The van der Waals surface area contributed by atoms with E-state index in [2.05, 4.69) is 29.0 Å². The standard InChI is InChI=1S/C13H14ClN3O/c1-2-9-3-5-10(6-4-9)8-18-12-7-11(14)16-13(15)17-12/h3-7H,2,8H2,1H3,(H2,15,16,17). The lowest BCUT2D eigenvalue weighted by molar-refractivity contribution is 0.294. The first-order chi connectivity index (χ1) is 8.67. The summed E-state index contributed by atoms with van der Waals surface area (Å²) in [5.74, 6) is 0.492. The summed E-state index contributed by atoms with van der Waals surface area (Å²) in [5, 5.41) is 0.277. The summed E-state index contributed by atoms with van der Waals surface area (Å²) in [7, 11) is 0. The summed E-state index contributed by atoms with van der Waals surface area (Å²) in [6.07, 6.45) is 1.03. The Kier molecular flexibility index (Phi) is 3.99. The Bertz CT molecular complexity index is 508. The predicted molar refractivity (Wildman–Crippen MR) is 71.6 cm³/mol. The van der Waals surface area contributed by atoms with Crippen molar-refractivity contribution in [2.75, 3.05) is 5.73 Å². The van der Waals surface area contributed by atoms with Crippen LogP contribution in [0.25, 0.3) is 0 Å². The van der Waals surface area contributed by atoms with Crippen LogP contribution in [0.2, 0.25) is 5.15 Å². The second kappa shape index (κ2) is 5.69. The molecule has 0 saturated carbocycles. The molecular formula is C13H14ClN3O. The molecule has 1 aromatic carbocycles. The normalized spacial score (nSPS) is 10.3. The Balaban J connectivity index is 2.01. The Morgan fingerprint density at radius 2 is 1.83 bits per heavy atom. The Morgan fingerprint density at radius 1 is 1.17 bits per heavy atom. The highest BCUT2D eigenvalue weighted by Gasteiger charge is 2.02. The molecule has 0 bridgehead atoms. The molecule has 18 heavy (non-hydrogen) atoms. The molecule has 0 spiro atoms. The van der Waals surface area contributed by atoms with Gasteiger partial charge in [0.05, 0.1) is 0 Å². The third-order valence-corrected chi connectivity index (χ3v) is 2.70. The zero-order chi connectivity index (χ0) is 13.0. The first-order valence-corrected chi connectivity index (χ1v) is 6.06. The van der Waals surface area contributed by atoms with E-state index < -0.39 is 0 Å². The monoisotopic (exact) mass is 263 g/mol. The largest absolute Gasteiger partial charge is 0.473 e. The van der Waals surface area contributed by atoms with Gasteiger partial charge in [-0.3, -0.25) is 0 Å². The molecule has 0 radical (unpaired) electrons. The second-order valence-corrected chi connectivity index (χ2v) is 4.23. The van der Waals surface area contributed by atoms with E-state index in [9.17, 15) is 0 Å². The first-order valence-electron chi connectivity index (χ1n) is 5.68. The number of rotatable bonds is 4. The summed E-state index contributed by atoms with van der Waals surface area (Å²) in [5.41, 5.74) is 7.85. The number of anilines is 1. The van der Waals surface area contributed by atoms with Crippen molar-refractivity contribution in [3.63, 3.8) is 0 Å². The molecule has 0 amide bonds. The molecular weight excluding hydrogens is 250 g/mol. The molecule has 5 heteroatoms. The van der Waals surface area contributed by atoms with Crippen molar-refractivity contribution >= 4 is 17.5 Å². The molecule has 0 saturated heterocycles. The van der Waals surface area contributed by atoms with E-state index in [1.165, 1.54) is 5.56 Å². The fraction of sp³-hybridized carbons (Fsp3) is 0.231. The van der Waals surface area contributed by atoms with E-state index in [1.54, 1.807) is 6.07 Å². The highest BCUT2D eigenvalue weighted by molar-refractivity contribution is 6.29. The van der Waals surface area contributed by atoms with Crippen LogP contribution in [0.4, 0.5) is 5.95 Å². The van der Waals surface area contributed by atoms with Crippen molar-refractivity contribution in [2.45, 2.75) is 20.0 Å². The van der Waals surface area contributed by atoms with Gasteiger partial charge in [0, 0.05) is 6.07 Å². The highest BCUT2D eigenvalue weighted by atomic mass is 35.5. The van der Waals surface area contributed by atoms with Gasteiger partial charge in [0.15, 0.2) is 0 Å². The molecule has 4 nitrogen and oxygen atoms in total. The zero-order valence-electron chi connectivity index (χ0n) is 10.1. The summed E-state index contributed by atoms with van der Waals surface area (Å²) >= 11 is 5.76. The average molecular weight is 264 g/mol. The number of benzene rings is 1. The molecule has 0 unspecified atom stereocenters. The SMILES string of the molecule is CCc1ccc(COc2cc(Cl)nc(N)n2)cc1. The van der Waals surface area contributed by atoms with Gasteiger partial charge in [-0.2, -0.15) is 4.98 Å². The highest BCUT2D eigenvalue weighted by Crippen LogP contribution is 2.16. The minimum Gasteiger partial charge on any atom is -0.473 e. The summed E-state index contributed by atoms with van der Waals surface area (Å²) in [4.78, 5) is 7.71. The third kappa shape index (κ3) is 3.34. The molecule has 1 aromatic heterocycles. The van der Waals surface area contributed by atoms with Gasteiger partial charge in [0.25, 0.3) is 0 Å². The number of nitrogen functional groups attached to an aromatic ring is 1. The van der Waals surface area contributed by atoms with Crippen molar-refractivity contribution in [1.82, 2.24) is 9.97 Å². The number of nitrogens with zero attached hydrogens (tertiary/aromatic N) is 2. The van der Waals surface area contributed by atoms with Crippen LogP contribution in [0.5, 0.6) is 5.88 Å². The van der Waals surface area contributed by atoms with Gasteiger partial charge in [-0.1, -0.05) is 42.8 Å². The smallest absolute Gasteiger partial charge is 0.224 e. The van der Waals surface area contributed by atoms with Crippen molar-refractivity contribution < 1.29 is 4.74 Å². The minimum absolute atomic E-state index is 0.110. The van der Waals surface area contributed by atoms with Gasteiger partial charge in [-0.15, -0.1) is 0 Å². The maximum atomic E-state index is 5.76. The number of aromatic nitrogens is 2. The van der Waals surface area contributed by atoms with E-state index in [-0.39, 0.29) is 11.1 Å². The fourth-order valence-electron chi connectivity index (χ4n) is 1.52. The molecule has 2 rings (SSSR count). The lowest BCUT2D eigenvalue weighted by atomic mass is 10.1. The van der Waals surface area contributed by atoms with Gasteiger partial charge >= 0.3 is 0 Å². The van der Waals surface area contributed by atoms with Crippen LogP contribution in [-0.2, 0) is 13.0 Å². The van der Waals surface area contributed by atoms with Crippen LogP contribution in [0, 0.1) is 0 Å². The number of hydrogen-bond acceptors (Lipinski definition) is 4. The van der Waals surface area contributed by atoms with Gasteiger partial charge in [0.2, 0.25) is 11.8 Å². The fourth-order valence-corrected chi connectivity index (χ4v) is 1.70. The number of halogens is 1. The zero-order valence-corrected chi connectivity index (χ0v) is 10.8. The molecule has 2 N–H and O–H groups in total. The molecule has 0 aliphatic rings. The summed E-state index contributed by atoms with van der Waals surface area (Å²) < 4.78 is 5.51. The average Bonchev–Trinajstić information content (AvgIpc) is 2.36. The third-order valence-electron chi connectivity index (χ3n) is 2.51. The van der Waals surface area contributed by atoms with E-state index in [1.807, 2.05) is 12.1 Å². The van der Waals surface area contributed by atoms with Crippen LogP contribution < -0.4 is 10.5 Å². The molecule has 0 fully saturated rings. The van der Waals surface area contributed by atoms with E-state index in [4.69, 9.17) is 22.1 Å². The minimum atomic E-state index is 0.110. The lowest BCUT2D eigenvalue weighted by Gasteiger charge is -2.06. The van der Waals surface area contributed by atoms with Gasteiger partial charge < -0.3 is 10.5 Å². The van der Waals surface area contributed by atoms with E-state index >= 15 is 0 Å². The van der Waals surface area contributed by atoms with E-state index in [0.717, 1.165) is 12.0 Å². The van der Waals surface area contributed by atoms with Crippen LogP contribution in [-0.4, -0.2) is 9.97 Å². The Hall–Kier alpha value is -1.81. The first kappa shape index (κ1) is 12.6. The van der Waals surface area contributed by atoms with Crippen LogP contribution in [0.1, 0.15) is 18.1 Å². The summed E-state index contributed by atoms with van der Waals surface area (Å²) in [6.45, 7) is 2.55. The van der Waals surface area contributed by atoms with Gasteiger partial charge in [-0.05, 0) is 17.5 Å². The summed E-state index contributed by atoms with van der Waals surface area (Å²) in [6, 6.07) is 9.77. The molecule has 0 aliphatic heterocycles. The second-order valence-electron chi connectivity index (χ2n) is 3.85. The van der Waals surface area contributed by atoms with Crippen LogP contribution >= 0.6 is 11.6 Å². The Morgan fingerprint density at radius 3 is 2.44 bits per heavy atom. The van der Waals surface area contributed by atoms with Crippen molar-refractivity contribution in [2.24, 2.45) is 0 Å². The molecule has 0 aliphatic carbocycles. The van der Waals surface area contributed by atoms with Crippen molar-refractivity contribution in [1.29, 1.82) is 0 Å². The number of hydrogen-bond donors (Lipinski definition) is 1. The molecule has 2 aromatic rings. The predicted octanol–water partition coefficient (Wildman–Crippen LogP) is 2.85. The maximum Gasteiger partial charge on any atom is 0.224 e. The van der Waals surface area contributed by atoms with Crippen molar-refractivity contribution in [3.05, 3.63) is 46.6 Å². The van der Waals surface area contributed by atoms with Crippen LogP contribution in [0.15, 0.2) is 30.3 Å². The van der Waals surface area contributed by atoms with E-state index in [0.29, 0.717) is 12.5 Å². The quantitative estimate of drug-likeness (QED) is 0.862. The topological polar surface area (TPSA) is 61.0 Å². The number of ether oxygens (including phenoxy) is 1. The number of nitrogens with two attached hydrogens (primary N) is 1. The number of aryl methyl sites for hydroxylation is 1. The van der Waals surface area contributed by atoms with Gasteiger partial charge in [-0.25, -0.2) is 4.98 Å². The lowest BCUT2D eigenvalue weighted by Crippen LogP contribution is -2.01. The van der Waals surface area contributed by atoms with Crippen LogP contribution in [0.3, 0.4) is 0 Å². The maximum absolute atomic E-state index is 5.76.